The highest BCUT2D eigenvalue weighted by Crippen LogP contribution is 2.30. The standard InChI is InChI=1S/C13H19N3S/c1-4-11-15-6-7-16(11)12(10(3)14)13-9(2)5-8-17-13/h5-8,10,12H,4,14H2,1-3H3. The van der Waals surface area contributed by atoms with E-state index in [0.29, 0.717) is 0 Å². The summed E-state index contributed by atoms with van der Waals surface area (Å²) in [4.78, 5) is 5.73. The zero-order chi connectivity index (χ0) is 12.4. The molecule has 92 valence electrons. The Labute approximate surface area is 106 Å². The zero-order valence-electron chi connectivity index (χ0n) is 10.6. The molecule has 2 N–H and O–H groups in total. The van der Waals surface area contributed by atoms with Gasteiger partial charge in [-0.05, 0) is 30.9 Å². The van der Waals surface area contributed by atoms with Crippen LogP contribution >= 0.6 is 11.3 Å². The van der Waals surface area contributed by atoms with Gasteiger partial charge in [-0.25, -0.2) is 4.98 Å². The molecule has 0 amide bonds. The summed E-state index contributed by atoms with van der Waals surface area (Å²) < 4.78 is 2.21. The van der Waals surface area contributed by atoms with E-state index < -0.39 is 0 Å². The first-order valence-corrected chi connectivity index (χ1v) is 6.84. The summed E-state index contributed by atoms with van der Waals surface area (Å²) in [5.41, 5.74) is 7.48. The van der Waals surface area contributed by atoms with E-state index in [0.717, 1.165) is 12.2 Å². The number of hydrogen-bond donors (Lipinski definition) is 1. The molecule has 2 atom stereocenters. The van der Waals surface area contributed by atoms with Gasteiger partial charge in [-0.15, -0.1) is 11.3 Å². The van der Waals surface area contributed by atoms with Crippen molar-refractivity contribution in [2.45, 2.75) is 39.3 Å². The van der Waals surface area contributed by atoms with Crippen LogP contribution in [0.15, 0.2) is 23.8 Å². The number of rotatable bonds is 4. The third-order valence-corrected chi connectivity index (χ3v) is 4.12. The van der Waals surface area contributed by atoms with Crippen molar-refractivity contribution in [3.8, 4) is 0 Å². The average Bonchev–Trinajstić information content (AvgIpc) is 2.89. The van der Waals surface area contributed by atoms with Crippen LogP contribution in [0.1, 0.15) is 36.2 Å². The molecule has 4 heteroatoms. The predicted molar refractivity (Wildman–Crippen MR) is 72.4 cm³/mol. The van der Waals surface area contributed by atoms with Crippen LogP contribution < -0.4 is 5.73 Å². The van der Waals surface area contributed by atoms with Crippen LogP contribution in [-0.4, -0.2) is 15.6 Å². The minimum Gasteiger partial charge on any atom is -0.326 e. The van der Waals surface area contributed by atoms with E-state index in [1.807, 2.05) is 12.4 Å². The Kier molecular flexibility index (Phi) is 3.64. The highest BCUT2D eigenvalue weighted by molar-refractivity contribution is 7.10. The van der Waals surface area contributed by atoms with Crippen molar-refractivity contribution in [1.82, 2.24) is 9.55 Å². The number of aromatic nitrogens is 2. The van der Waals surface area contributed by atoms with E-state index in [4.69, 9.17) is 5.73 Å². The minimum atomic E-state index is 0.0758. The highest BCUT2D eigenvalue weighted by atomic mass is 32.1. The predicted octanol–water partition coefficient (Wildman–Crippen LogP) is 2.75. The second-order valence-corrected chi connectivity index (χ2v) is 5.32. The molecular formula is C13H19N3S. The molecule has 17 heavy (non-hydrogen) atoms. The van der Waals surface area contributed by atoms with Gasteiger partial charge in [0.15, 0.2) is 0 Å². The van der Waals surface area contributed by atoms with Crippen molar-refractivity contribution in [2.75, 3.05) is 0 Å². The molecule has 0 spiro atoms. The smallest absolute Gasteiger partial charge is 0.108 e. The molecule has 0 aliphatic carbocycles. The minimum absolute atomic E-state index is 0.0758. The molecule has 2 rings (SSSR count). The monoisotopic (exact) mass is 249 g/mol. The molecule has 0 aliphatic heterocycles. The van der Waals surface area contributed by atoms with Crippen LogP contribution in [0.4, 0.5) is 0 Å². The Balaban J connectivity index is 2.47. The first kappa shape index (κ1) is 12.3. The lowest BCUT2D eigenvalue weighted by Gasteiger charge is -2.24. The first-order valence-electron chi connectivity index (χ1n) is 5.96. The van der Waals surface area contributed by atoms with Gasteiger partial charge in [-0.3, -0.25) is 0 Å². The fourth-order valence-corrected chi connectivity index (χ4v) is 3.32. The Morgan fingerprint density at radius 2 is 2.29 bits per heavy atom. The van der Waals surface area contributed by atoms with E-state index in [1.54, 1.807) is 11.3 Å². The number of hydrogen-bond acceptors (Lipinski definition) is 3. The van der Waals surface area contributed by atoms with Gasteiger partial charge in [0.05, 0.1) is 6.04 Å². The summed E-state index contributed by atoms with van der Waals surface area (Å²) in [6, 6.07) is 2.43. The van der Waals surface area contributed by atoms with E-state index in [2.05, 4.69) is 41.8 Å². The van der Waals surface area contributed by atoms with Crippen LogP contribution in [0.25, 0.3) is 0 Å². The Morgan fingerprint density at radius 1 is 1.53 bits per heavy atom. The van der Waals surface area contributed by atoms with E-state index in [9.17, 15) is 0 Å². The molecule has 0 fully saturated rings. The topological polar surface area (TPSA) is 43.8 Å². The van der Waals surface area contributed by atoms with Crippen molar-refractivity contribution in [2.24, 2.45) is 5.73 Å². The number of nitrogens with zero attached hydrogens (tertiary/aromatic N) is 2. The van der Waals surface area contributed by atoms with Gasteiger partial charge in [0.1, 0.15) is 5.82 Å². The summed E-state index contributed by atoms with van der Waals surface area (Å²) in [7, 11) is 0. The van der Waals surface area contributed by atoms with Gasteiger partial charge in [0, 0.05) is 29.7 Å². The molecule has 0 aliphatic rings. The lowest BCUT2D eigenvalue weighted by molar-refractivity contribution is 0.486. The third kappa shape index (κ3) is 2.28. The van der Waals surface area contributed by atoms with Crippen LogP contribution in [0.5, 0.6) is 0 Å². The second-order valence-electron chi connectivity index (χ2n) is 4.38. The van der Waals surface area contributed by atoms with E-state index in [1.165, 1.54) is 10.4 Å². The Hall–Kier alpha value is -1.13. The molecule has 0 bridgehead atoms. The molecule has 0 aromatic carbocycles. The quantitative estimate of drug-likeness (QED) is 0.905. The molecule has 2 unspecified atom stereocenters. The normalized spacial score (nSPS) is 14.8. The third-order valence-electron chi connectivity index (χ3n) is 3.03. The largest absolute Gasteiger partial charge is 0.326 e. The van der Waals surface area contributed by atoms with Gasteiger partial charge in [0.2, 0.25) is 0 Å². The second kappa shape index (κ2) is 5.02. The summed E-state index contributed by atoms with van der Waals surface area (Å²) in [6.07, 6.45) is 4.82. The van der Waals surface area contributed by atoms with E-state index in [-0.39, 0.29) is 12.1 Å². The number of aryl methyl sites for hydroxylation is 2. The molecule has 0 radical (unpaired) electrons. The summed E-state index contributed by atoms with van der Waals surface area (Å²) in [5.74, 6) is 1.10. The summed E-state index contributed by atoms with van der Waals surface area (Å²) >= 11 is 1.77. The zero-order valence-corrected chi connectivity index (χ0v) is 11.4. The Morgan fingerprint density at radius 3 is 2.82 bits per heavy atom. The fraction of sp³-hybridized carbons (Fsp3) is 0.462. The molecule has 2 heterocycles. The van der Waals surface area contributed by atoms with Crippen molar-refractivity contribution in [3.05, 3.63) is 40.1 Å². The maximum Gasteiger partial charge on any atom is 0.108 e. The van der Waals surface area contributed by atoms with E-state index >= 15 is 0 Å². The van der Waals surface area contributed by atoms with Gasteiger partial charge in [-0.2, -0.15) is 0 Å². The molecule has 0 saturated heterocycles. The maximum atomic E-state index is 6.17. The Bertz CT molecular complexity index is 484. The number of thiophene rings is 1. The lowest BCUT2D eigenvalue weighted by Crippen LogP contribution is -2.30. The van der Waals surface area contributed by atoms with Crippen LogP contribution in [0.3, 0.4) is 0 Å². The van der Waals surface area contributed by atoms with Crippen LogP contribution in [0, 0.1) is 6.92 Å². The van der Waals surface area contributed by atoms with Crippen molar-refractivity contribution in [1.29, 1.82) is 0 Å². The summed E-state index contributed by atoms with van der Waals surface area (Å²) in [6.45, 7) is 6.32. The van der Waals surface area contributed by atoms with Gasteiger partial charge in [0.25, 0.3) is 0 Å². The van der Waals surface area contributed by atoms with Gasteiger partial charge >= 0.3 is 0 Å². The molecule has 3 nitrogen and oxygen atoms in total. The lowest BCUT2D eigenvalue weighted by atomic mass is 10.1. The molecule has 2 aromatic heterocycles. The summed E-state index contributed by atoms with van der Waals surface area (Å²) in [5, 5.41) is 2.13. The van der Waals surface area contributed by atoms with Crippen LogP contribution in [-0.2, 0) is 6.42 Å². The highest BCUT2D eigenvalue weighted by Gasteiger charge is 2.22. The molecular weight excluding hydrogens is 230 g/mol. The van der Waals surface area contributed by atoms with Crippen molar-refractivity contribution in [3.63, 3.8) is 0 Å². The molecule has 0 saturated carbocycles. The SMILES string of the molecule is CCc1nccn1C(c1sccc1C)C(C)N. The maximum absolute atomic E-state index is 6.17. The van der Waals surface area contributed by atoms with Gasteiger partial charge in [-0.1, -0.05) is 6.92 Å². The average molecular weight is 249 g/mol. The molecule has 2 aromatic rings. The van der Waals surface area contributed by atoms with Crippen molar-refractivity contribution < 1.29 is 0 Å². The number of imidazole rings is 1. The van der Waals surface area contributed by atoms with Gasteiger partial charge < -0.3 is 10.3 Å². The fourth-order valence-electron chi connectivity index (χ4n) is 2.18. The first-order chi connectivity index (χ1) is 8.15. The van der Waals surface area contributed by atoms with Crippen LogP contribution in [0.2, 0.25) is 0 Å². The van der Waals surface area contributed by atoms with Crippen molar-refractivity contribution >= 4 is 11.3 Å². The number of nitrogens with two attached hydrogens (primary N) is 1.